The lowest BCUT2D eigenvalue weighted by atomic mass is 9.75. The summed E-state index contributed by atoms with van der Waals surface area (Å²) in [4.78, 5) is 27.9. The molecular formula is C17H19ClN2O5. The summed E-state index contributed by atoms with van der Waals surface area (Å²) in [7, 11) is 0. The Morgan fingerprint density at radius 1 is 1.32 bits per heavy atom. The number of ether oxygens (including phenoxy) is 1. The predicted octanol–water partition coefficient (Wildman–Crippen LogP) is 1.91. The van der Waals surface area contributed by atoms with Crippen molar-refractivity contribution in [3.63, 3.8) is 0 Å². The molecule has 1 aromatic carbocycles. The molecule has 0 saturated heterocycles. The maximum Gasteiger partial charge on any atom is 0.334 e. The smallest absolute Gasteiger partial charge is 0.334 e. The number of benzene rings is 1. The number of rotatable bonds is 7. The molecule has 2 atom stereocenters. The van der Waals surface area contributed by atoms with Gasteiger partial charge in [-0.05, 0) is 18.6 Å². The molecule has 0 saturated carbocycles. The molecule has 134 valence electrons. The summed E-state index contributed by atoms with van der Waals surface area (Å²) < 4.78 is 5.33. The second kappa shape index (κ2) is 8.24. The van der Waals surface area contributed by atoms with Gasteiger partial charge in [0.05, 0.1) is 24.5 Å². The zero-order chi connectivity index (χ0) is 18.6. The van der Waals surface area contributed by atoms with Crippen LogP contribution in [0.2, 0.25) is 5.02 Å². The fraction of sp³-hybridized carbons (Fsp3) is 0.353. The van der Waals surface area contributed by atoms with Gasteiger partial charge < -0.3 is 20.7 Å². The Hall–Kier alpha value is -2.22. The molecular weight excluding hydrogens is 348 g/mol. The van der Waals surface area contributed by atoms with Crippen molar-refractivity contribution in [2.45, 2.75) is 12.8 Å². The number of aliphatic carboxylic acids is 2. The number of aliphatic imine (C=N–C) groups is 1. The van der Waals surface area contributed by atoms with Crippen molar-refractivity contribution in [2.24, 2.45) is 16.6 Å². The van der Waals surface area contributed by atoms with E-state index >= 15 is 0 Å². The van der Waals surface area contributed by atoms with Crippen LogP contribution < -0.4 is 5.73 Å². The molecule has 8 heteroatoms. The van der Waals surface area contributed by atoms with E-state index in [-0.39, 0.29) is 31.0 Å². The predicted molar refractivity (Wildman–Crippen MR) is 93.0 cm³/mol. The van der Waals surface area contributed by atoms with Gasteiger partial charge in [-0.2, -0.15) is 0 Å². The van der Waals surface area contributed by atoms with Crippen molar-refractivity contribution < 1.29 is 24.5 Å². The van der Waals surface area contributed by atoms with Gasteiger partial charge in [-0.25, -0.2) is 4.79 Å². The first-order valence-electron chi connectivity index (χ1n) is 7.65. The average Bonchev–Trinajstić information content (AvgIpc) is 2.54. The number of carboxylic acid groups (broad SMARTS) is 2. The van der Waals surface area contributed by atoms with Crippen LogP contribution in [0.25, 0.3) is 0 Å². The van der Waals surface area contributed by atoms with E-state index in [9.17, 15) is 19.8 Å². The highest BCUT2D eigenvalue weighted by Crippen LogP contribution is 2.41. The van der Waals surface area contributed by atoms with Gasteiger partial charge in [-0.1, -0.05) is 29.8 Å². The maximum atomic E-state index is 11.9. The standard InChI is InChI=1S/C17H19ClN2O5/c1-9-13(16(21)22)14(10-4-2-3-5-11(10)18)15(17(23)24)12(20-9)8-25-7-6-19/h2-5,13-14H,6-8,19H2,1H3,(H,21,22)(H,23,24). The Labute approximate surface area is 149 Å². The topological polar surface area (TPSA) is 122 Å². The number of carbonyl (C=O) groups is 2. The largest absolute Gasteiger partial charge is 0.481 e. The van der Waals surface area contributed by atoms with Gasteiger partial charge in [0.1, 0.15) is 5.92 Å². The highest BCUT2D eigenvalue weighted by atomic mass is 35.5. The average molecular weight is 367 g/mol. The van der Waals surface area contributed by atoms with E-state index in [4.69, 9.17) is 22.1 Å². The molecule has 2 rings (SSSR count). The van der Waals surface area contributed by atoms with Crippen LogP contribution in [0, 0.1) is 5.92 Å². The molecule has 0 radical (unpaired) electrons. The zero-order valence-electron chi connectivity index (χ0n) is 13.6. The van der Waals surface area contributed by atoms with Gasteiger partial charge >= 0.3 is 11.9 Å². The molecule has 0 aromatic heterocycles. The molecule has 0 aliphatic carbocycles. The quantitative estimate of drug-likeness (QED) is 0.633. The van der Waals surface area contributed by atoms with E-state index in [2.05, 4.69) is 4.99 Å². The van der Waals surface area contributed by atoms with Gasteiger partial charge in [0.2, 0.25) is 0 Å². The van der Waals surface area contributed by atoms with Crippen LogP contribution in [0.1, 0.15) is 18.4 Å². The first-order chi connectivity index (χ1) is 11.9. The molecule has 0 fully saturated rings. The minimum atomic E-state index is -1.25. The molecule has 1 aliphatic heterocycles. The second-order valence-corrected chi connectivity index (χ2v) is 5.98. The van der Waals surface area contributed by atoms with Gasteiger partial charge in [0.25, 0.3) is 0 Å². The molecule has 1 aromatic rings. The number of hydrogen-bond donors (Lipinski definition) is 3. The Morgan fingerprint density at radius 2 is 2.00 bits per heavy atom. The first kappa shape index (κ1) is 19.1. The van der Waals surface area contributed by atoms with Crippen molar-refractivity contribution in [2.75, 3.05) is 19.8 Å². The summed E-state index contributed by atoms with van der Waals surface area (Å²) in [5.74, 6) is -4.49. The fourth-order valence-corrected chi connectivity index (χ4v) is 3.19. The van der Waals surface area contributed by atoms with E-state index in [1.54, 1.807) is 31.2 Å². The Bertz CT molecular complexity index is 744. The lowest BCUT2D eigenvalue weighted by Gasteiger charge is -2.30. The van der Waals surface area contributed by atoms with Crippen LogP contribution in [0.4, 0.5) is 0 Å². The number of halogens is 1. The number of hydrogen-bond acceptors (Lipinski definition) is 5. The van der Waals surface area contributed by atoms with E-state index in [0.29, 0.717) is 16.3 Å². The lowest BCUT2D eigenvalue weighted by Crippen LogP contribution is -2.36. The Kier molecular flexibility index (Phi) is 6.30. The molecule has 1 heterocycles. The fourth-order valence-electron chi connectivity index (χ4n) is 2.93. The summed E-state index contributed by atoms with van der Waals surface area (Å²) in [5.41, 5.74) is 6.17. The highest BCUT2D eigenvalue weighted by molar-refractivity contribution is 6.31. The third-order valence-electron chi connectivity index (χ3n) is 3.95. The van der Waals surface area contributed by atoms with Crippen LogP contribution >= 0.6 is 11.6 Å². The third-order valence-corrected chi connectivity index (χ3v) is 4.30. The molecule has 0 amide bonds. The van der Waals surface area contributed by atoms with E-state index < -0.39 is 23.8 Å². The van der Waals surface area contributed by atoms with Gasteiger partial charge in [-0.15, -0.1) is 0 Å². The van der Waals surface area contributed by atoms with Crippen molar-refractivity contribution in [3.05, 3.63) is 46.1 Å². The second-order valence-electron chi connectivity index (χ2n) is 5.58. The van der Waals surface area contributed by atoms with Crippen molar-refractivity contribution in [1.29, 1.82) is 0 Å². The normalized spacial score (nSPS) is 20.4. The Balaban J connectivity index is 2.62. The molecule has 0 spiro atoms. The van der Waals surface area contributed by atoms with E-state index in [0.717, 1.165) is 0 Å². The number of nitrogens with two attached hydrogens (primary N) is 1. The van der Waals surface area contributed by atoms with Crippen LogP contribution in [-0.2, 0) is 14.3 Å². The minimum Gasteiger partial charge on any atom is -0.481 e. The molecule has 4 N–H and O–H groups in total. The number of carboxylic acids is 2. The van der Waals surface area contributed by atoms with Crippen molar-refractivity contribution in [1.82, 2.24) is 0 Å². The minimum absolute atomic E-state index is 0.0660. The van der Waals surface area contributed by atoms with Crippen LogP contribution in [0.15, 0.2) is 40.5 Å². The number of nitrogens with zero attached hydrogens (tertiary/aromatic N) is 1. The first-order valence-corrected chi connectivity index (χ1v) is 8.02. The summed E-state index contributed by atoms with van der Waals surface area (Å²) in [5, 5.41) is 19.7. The van der Waals surface area contributed by atoms with Crippen LogP contribution in [0.5, 0.6) is 0 Å². The van der Waals surface area contributed by atoms with Crippen molar-refractivity contribution in [3.8, 4) is 0 Å². The summed E-state index contributed by atoms with van der Waals surface area (Å²) in [6.45, 7) is 2.02. The van der Waals surface area contributed by atoms with Gasteiger partial charge in [0, 0.05) is 23.2 Å². The van der Waals surface area contributed by atoms with Gasteiger partial charge in [-0.3, -0.25) is 9.79 Å². The summed E-state index contributed by atoms with van der Waals surface area (Å²) in [6.07, 6.45) is 0. The highest BCUT2D eigenvalue weighted by Gasteiger charge is 2.42. The molecule has 1 aliphatic rings. The zero-order valence-corrected chi connectivity index (χ0v) is 14.4. The molecule has 25 heavy (non-hydrogen) atoms. The Morgan fingerprint density at radius 3 is 2.56 bits per heavy atom. The van der Waals surface area contributed by atoms with E-state index in [1.807, 2.05) is 0 Å². The third kappa shape index (κ3) is 4.07. The molecule has 0 bridgehead atoms. The molecule has 2 unspecified atom stereocenters. The summed E-state index contributed by atoms with van der Waals surface area (Å²) in [6, 6.07) is 6.61. The maximum absolute atomic E-state index is 11.9. The van der Waals surface area contributed by atoms with Crippen LogP contribution in [0.3, 0.4) is 0 Å². The SMILES string of the molecule is CC1=NC(COCCN)=C(C(=O)O)C(c2ccccc2Cl)C1C(=O)O. The van der Waals surface area contributed by atoms with Crippen LogP contribution in [-0.4, -0.2) is 47.6 Å². The van der Waals surface area contributed by atoms with E-state index in [1.165, 1.54) is 0 Å². The molecule has 7 nitrogen and oxygen atoms in total. The van der Waals surface area contributed by atoms with Crippen molar-refractivity contribution >= 4 is 29.3 Å². The lowest BCUT2D eigenvalue weighted by molar-refractivity contribution is -0.140. The monoisotopic (exact) mass is 366 g/mol. The summed E-state index contributed by atoms with van der Waals surface area (Å²) >= 11 is 6.22. The van der Waals surface area contributed by atoms with Gasteiger partial charge in [0.15, 0.2) is 0 Å².